The first-order valence-corrected chi connectivity index (χ1v) is 6.55. The van der Waals surface area contributed by atoms with Gasteiger partial charge in [0.25, 0.3) is 5.69 Å². The van der Waals surface area contributed by atoms with Gasteiger partial charge in [-0.3, -0.25) is 10.1 Å². The monoisotopic (exact) mass is 270 g/mol. The molecule has 2 aromatic carbocycles. The predicted octanol–water partition coefficient (Wildman–Crippen LogP) is 4.38. The van der Waals surface area contributed by atoms with Crippen LogP contribution in [0.2, 0.25) is 0 Å². The first-order valence-electron chi connectivity index (χ1n) is 6.55. The van der Waals surface area contributed by atoms with E-state index in [0.717, 1.165) is 5.69 Å². The predicted molar refractivity (Wildman–Crippen MR) is 81.1 cm³/mol. The van der Waals surface area contributed by atoms with Crippen molar-refractivity contribution < 1.29 is 4.92 Å². The molecule has 0 heterocycles. The van der Waals surface area contributed by atoms with E-state index in [9.17, 15) is 10.1 Å². The number of hydrogen-bond acceptors (Lipinski definition) is 3. The SMILES string of the molecule is Cc1ccc(C(C)Nc2cccc([N+](=O)[O-])c2)c(C)c1. The van der Waals surface area contributed by atoms with E-state index in [1.54, 1.807) is 12.1 Å². The van der Waals surface area contributed by atoms with Gasteiger partial charge in [0, 0.05) is 23.9 Å². The largest absolute Gasteiger partial charge is 0.378 e. The van der Waals surface area contributed by atoms with Gasteiger partial charge in [0.15, 0.2) is 0 Å². The van der Waals surface area contributed by atoms with Gasteiger partial charge in [0.05, 0.1) is 4.92 Å². The van der Waals surface area contributed by atoms with Crippen molar-refractivity contribution in [1.82, 2.24) is 0 Å². The Kier molecular flexibility index (Phi) is 4.03. The molecule has 4 heteroatoms. The molecule has 0 amide bonds. The highest BCUT2D eigenvalue weighted by atomic mass is 16.6. The van der Waals surface area contributed by atoms with Gasteiger partial charge in [-0.15, -0.1) is 0 Å². The number of benzene rings is 2. The van der Waals surface area contributed by atoms with Crippen molar-refractivity contribution in [2.75, 3.05) is 5.32 Å². The van der Waals surface area contributed by atoms with Crippen LogP contribution >= 0.6 is 0 Å². The summed E-state index contributed by atoms with van der Waals surface area (Å²) in [6, 6.07) is 13.0. The van der Waals surface area contributed by atoms with Crippen molar-refractivity contribution in [3.8, 4) is 0 Å². The molecule has 0 spiro atoms. The fourth-order valence-corrected chi connectivity index (χ4v) is 2.35. The Morgan fingerprint density at radius 3 is 2.55 bits per heavy atom. The lowest BCUT2D eigenvalue weighted by molar-refractivity contribution is -0.384. The van der Waals surface area contributed by atoms with Crippen LogP contribution < -0.4 is 5.32 Å². The second kappa shape index (κ2) is 5.74. The number of non-ortho nitro benzene ring substituents is 1. The summed E-state index contributed by atoms with van der Waals surface area (Å²) in [5.74, 6) is 0. The summed E-state index contributed by atoms with van der Waals surface area (Å²) >= 11 is 0. The molecular weight excluding hydrogens is 252 g/mol. The number of nitrogens with zero attached hydrogens (tertiary/aromatic N) is 1. The zero-order chi connectivity index (χ0) is 14.7. The summed E-state index contributed by atoms with van der Waals surface area (Å²) in [6.45, 7) is 6.19. The van der Waals surface area contributed by atoms with E-state index in [0.29, 0.717) is 0 Å². The molecule has 1 N–H and O–H groups in total. The third kappa shape index (κ3) is 3.15. The van der Waals surface area contributed by atoms with Crippen molar-refractivity contribution in [2.45, 2.75) is 26.8 Å². The Morgan fingerprint density at radius 1 is 1.15 bits per heavy atom. The molecule has 2 aromatic rings. The number of nitro benzene ring substituents is 1. The van der Waals surface area contributed by atoms with Gasteiger partial charge in [-0.1, -0.05) is 29.8 Å². The smallest absolute Gasteiger partial charge is 0.271 e. The molecule has 0 aliphatic carbocycles. The highest BCUT2D eigenvalue weighted by molar-refractivity contribution is 5.52. The van der Waals surface area contributed by atoms with Crippen LogP contribution in [-0.4, -0.2) is 4.92 Å². The van der Waals surface area contributed by atoms with Crippen molar-refractivity contribution >= 4 is 11.4 Å². The maximum absolute atomic E-state index is 10.8. The molecule has 0 radical (unpaired) electrons. The number of nitrogens with one attached hydrogen (secondary N) is 1. The summed E-state index contributed by atoms with van der Waals surface area (Å²) in [4.78, 5) is 10.4. The van der Waals surface area contributed by atoms with Gasteiger partial charge in [-0.05, 0) is 38.0 Å². The summed E-state index contributed by atoms with van der Waals surface area (Å²) < 4.78 is 0. The number of aryl methyl sites for hydroxylation is 2. The van der Waals surface area contributed by atoms with Crippen LogP contribution in [0, 0.1) is 24.0 Å². The molecule has 0 saturated carbocycles. The molecule has 0 fully saturated rings. The van der Waals surface area contributed by atoms with Crippen molar-refractivity contribution in [2.24, 2.45) is 0 Å². The third-order valence-corrected chi connectivity index (χ3v) is 3.33. The highest BCUT2D eigenvalue weighted by Crippen LogP contribution is 2.25. The molecular formula is C16H18N2O2. The Hall–Kier alpha value is -2.36. The Balaban J connectivity index is 2.21. The van der Waals surface area contributed by atoms with Gasteiger partial charge in [0.2, 0.25) is 0 Å². The van der Waals surface area contributed by atoms with Crippen molar-refractivity contribution in [1.29, 1.82) is 0 Å². The van der Waals surface area contributed by atoms with Crippen LogP contribution in [0.4, 0.5) is 11.4 Å². The zero-order valence-corrected chi connectivity index (χ0v) is 11.9. The fourth-order valence-electron chi connectivity index (χ4n) is 2.35. The van der Waals surface area contributed by atoms with Crippen LogP contribution in [0.25, 0.3) is 0 Å². The fraction of sp³-hybridized carbons (Fsp3) is 0.250. The van der Waals surface area contributed by atoms with E-state index in [4.69, 9.17) is 0 Å². The van der Waals surface area contributed by atoms with E-state index in [-0.39, 0.29) is 16.7 Å². The normalized spacial score (nSPS) is 11.9. The molecule has 2 rings (SSSR count). The topological polar surface area (TPSA) is 55.2 Å². The average molecular weight is 270 g/mol. The molecule has 20 heavy (non-hydrogen) atoms. The van der Waals surface area contributed by atoms with Crippen molar-refractivity contribution in [3.05, 3.63) is 69.3 Å². The number of rotatable bonds is 4. The quantitative estimate of drug-likeness (QED) is 0.662. The zero-order valence-electron chi connectivity index (χ0n) is 11.9. The van der Waals surface area contributed by atoms with Crippen LogP contribution in [0.1, 0.15) is 29.7 Å². The van der Waals surface area contributed by atoms with E-state index in [1.807, 2.05) is 6.07 Å². The minimum atomic E-state index is -0.382. The standard InChI is InChI=1S/C16H18N2O2/c1-11-7-8-16(12(2)9-11)13(3)17-14-5-4-6-15(10-14)18(19)20/h4-10,13,17H,1-3H3. The first kappa shape index (κ1) is 14.1. The molecule has 0 bridgehead atoms. The summed E-state index contributed by atoms with van der Waals surface area (Å²) in [5, 5.41) is 14.1. The van der Waals surface area contributed by atoms with Gasteiger partial charge in [0.1, 0.15) is 0 Å². The summed E-state index contributed by atoms with van der Waals surface area (Å²) in [6.07, 6.45) is 0. The highest BCUT2D eigenvalue weighted by Gasteiger charge is 2.10. The van der Waals surface area contributed by atoms with Gasteiger partial charge >= 0.3 is 0 Å². The number of anilines is 1. The lowest BCUT2D eigenvalue weighted by Gasteiger charge is -2.18. The minimum absolute atomic E-state index is 0.0950. The summed E-state index contributed by atoms with van der Waals surface area (Å²) in [5.41, 5.74) is 4.50. The molecule has 4 nitrogen and oxygen atoms in total. The first-order chi connectivity index (χ1) is 9.47. The third-order valence-electron chi connectivity index (χ3n) is 3.33. The van der Waals surface area contributed by atoms with Crippen LogP contribution in [0.5, 0.6) is 0 Å². The molecule has 0 aromatic heterocycles. The summed E-state index contributed by atoms with van der Waals surface area (Å²) in [7, 11) is 0. The van der Waals surface area contributed by atoms with Gasteiger partial charge in [-0.2, -0.15) is 0 Å². The van der Waals surface area contributed by atoms with Crippen LogP contribution in [-0.2, 0) is 0 Å². The van der Waals surface area contributed by atoms with E-state index in [1.165, 1.54) is 22.8 Å². The van der Waals surface area contributed by atoms with E-state index in [2.05, 4.69) is 44.3 Å². The maximum Gasteiger partial charge on any atom is 0.271 e. The Bertz CT molecular complexity index is 638. The maximum atomic E-state index is 10.8. The van der Waals surface area contributed by atoms with Gasteiger partial charge < -0.3 is 5.32 Å². The van der Waals surface area contributed by atoms with E-state index < -0.39 is 0 Å². The van der Waals surface area contributed by atoms with Crippen LogP contribution in [0.15, 0.2) is 42.5 Å². The molecule has 0 saturated heterocycles. The molecule has 0 aliphatic heterocycles. The van der Waals surface area contributed by atoms with E-state index >= 15 is 0 Å². The lowest BCUT2D eigenvalue weighted by atomic mass is 10.00. The second-order valence-corrected chi connectivity index (χ2v) is 5.03. The number of hydrogen-bond donors (Lipinski definition) is 1. The average Bonchev–Trinajstić information content (AvgIpc) is 2.38. The van der Waals surface area contributed by atoms with Gasteiger partial charge in [-0.25, -0.2) is 0 Å². The number of nitro groups is 1. The minimum Gasteiger partial charge on any atom is -0.378 e. The second-order valence-electron chi connectivity index (χ2n) is 5.03. The molecule has 1 atom stereocenters. The van der Waals surface area contributed by atoms with Crippen LogP contribution in [0.3, 0.4) is 0 Å². The molecule has 1 unspecified atom stereocenters. The van der Waals surface area contributed by atoms with Crippen molar-refractivity contribution in [3.63, 3.8) is 0 Å². The Labute approximate surface area is 118 Å². The molecule has 0 aliphatic rings. The Morgan fingerprint density at radius 2 is 1.90 bits per heavy atom. The molecule has 104 valence electrons. The lowest BCUT2D eigenvalue weighted by Crippen LogP contribution is -2.08.